The van der Waals surface area contributed by atoms with Crippen molar-refractivity contribution >= 4 is 21.4 Å². The Morgan fingerprint density at radius 3 is 2.86 bits per heavy atom. The fraction of sp³-hybridized carbons (Fsp3) is 0.200. The SMILES string of the molecule is CCOc1c(O)sc2ccc(O)cc12. The average molecular weight is 210 g/mol. The highest BCUT2D eigenvalue weighted by Gasteiger charge is 2.12. The van der Waals surface area contributed by atoms with Crippen LogP contribution in [0.3, 0.4) is 0 Å². The van der Waals surface area contributed by atoms with Crippen molar-refractivity contribution < 1.29 is 14.9 Å². The molecule has 14 heavy (non-hydrogen) atoms. The third kappa shape index (κ3) is 1.37. The second-order valence-electron chi connectivity index (χ2n) is 2.85. The van der Waals surface area contributed by atoms with Gasteiger partial charge in [-0.15, -0.1) is 0 Å². The van der Waals surface area contributed by atoms with Gasteiger partial charge in [0.2, 0.25) is 5.06 Å². The molecule has 0 atom stereocenters. The molecular formula is C10H10O3S. The molecule has 0 radical (unpaired) electrons. The Morgan fingerprint density at radius 1 is 1.36 bits per heavy atom. The van der Waals surface area contributed by atoms with E-state index >= 15 is 0 Å². The molecule has 2 aromatic rings. The molecule has 2 rings (SSSR count). The van der Waals surface area contributed by atoms with E-state index in [2.05, 4.69) is 0 Å². The molecule has 3 nitrogen and oxygen atoms in total. The van der Waals surface area contributed by atoms with E-state index in [1.807, 2.05) is 6.92 Å². The maximum atomic E-state index is 9.57. The Kier molecular flexibility index (Phi) is 2.21. The van der Waals surface area contributed by atoms with Gasteiger partial charge in [0.1, 0.15) is 5.75 Å². The van der Waals surface area contributed by atoms with E-state index in [0.29, 0.717) is 12.4 Å². The smallest absolute Gasteiger partial charge is 0.215 e. The van der Waals surface area contributed by atoms with Crippen LogP contribution in [0.1, 0.15) is 6.92 Å². The summed E-state index contributed by atoms with van der Waals surface area (Å²) < 4.78 is 6.20. The number of ether oxygens (including phenoxy) is 1. The molecule has 4 heteroatoms. The van der Waals surface area contributed by atoms with E-state index in [9.17, 15) is 10.2 Å². The lowest BCUT2D eigenvalue weighted by atomic mass is 10.2. The molecule has 1 aromatic carbocycles. The van der Waals surface area contributed by atoms with Gasteiger partial charge in [0.25, 0.3) is 0 Å². The third-order valence-corrected chi connectivity index (χ3v) is 2.85. The summed E-state index contributed by atoms with van der Waals surface area (Å²) in [6.45, 7) is 2.35. The van der Waals surface area contributed by atoms with Crippen LogP contribution in [0.5, 0.6) is 16.6 Å². The second kappa shape index (κ2) is 3.38. The van der Waals surface area contributed by atoms with Crippen molar-refractivity contribution in [2.24, 2.45) is 0 Å². The molecule has 0 saturated carbocycles. The molecule has 1 aromatic heterocycles. The summed E-state index contributed by atoms with van der Waals surface area (Å²) in [6.07, 6.45) is 0. The first-order valence-electron chi connectivity index (χ1n) is 4.29. The van der Waals surface area contributed by atoms with Crippen LogP contribution >= 0.6 is 11.3 Å². The maximum absolute atomic E-state index is 9.57. The Balaban J connectivity index is 2.66. The van der Waals surface area contributed by atoms with Gasteiger partial charge in [-0.2, -0.15) is 0 Å². The number of thiophene rings is 1. The van der Waals surface area contributed by atoms with E-state index in [0.717, 1.165) is 10.1 Å². The summed E-state index contributed by atoms with van der Waals surface area (Å²) in [5.74, 6) is 0.639. The molecule has 0 fully saturated rings. The van der Waals surface area contributed by atoms with Gasteiger partial charge in [-0.05, 0) is 25.1 Å². The first-order chi connectivity index (χ1) is 6.72. The zero-order valence-corrected chi connectivity index (χ0v) is 8.47. The van der Waals surface area contributed by atoms with Crippen LogP contribution in [0.25, 0.3) is 10.1 Å². The van der Waals surface area contributed by atoms with Crippen LogP contribution < -0.4 is 4.74 Å². The van der Waals surface area contributed by atoms with Gasteiger partial charge in [-0.25, -0.2) is 0 Å². The monoisotopic (exact) mass is 210 g/mol. The molecule has 0 bridgehead atoms. The lowest BCUT2D eigenvalue weighted by molar-refractivity contribution is 0.326. The number of benzene rings is 1. The van der Waals surface area contributed by atoms with Crippen molar-refractivity contribution in [2.45, 2.75) is 6.92 Å². The molecule has 0 spiro atoms. The van der Waals surface area contributed by atoms with Gasteiger partial charge >= 0.3 is 0 Å². The molecule has 1 heterocycles. The van der Waals surface area contributed by atoms with Gasteiger partial charge in [0.05, 0.1) is 6.61 Å². The van der Waals surface area contributed by atoms with Crippen molar-refractivity contribution in [3.63, 3.8) is 0 Å². The summed E-state index contributed by atoms with van der Waals surface area (Å²) in [5.41, 5.74) is 0. The van der Waals surface area contributed by atoms with Gasteiger partial charge in [-0.3, -0.25) is 0 Å². The minimum absolute atomic E-state index is 0.160. The predicted molar refractivity (Wildman–Crippen MR) is 56.3 cm³/mol. The number of hydrogen-bond donors (Lipinski definition) is 2. The Labute approximate surface area is 85.2 Å². The normalized spacial score (nSPS) is 10.6. The zero-order chi connectivity index (χ0) is 10.1. The van der Waals surface area contributed by atoms with Gasteiger partial charge in [0, 0.05) is 10.1 Å². The summed E-state index contributed by atoms with van der Waals surface area (Å²) in [6, 6.07) is 4.95. The number of phenolic OH excluding ortho intramolecular Hbond substituents is 1. The first-order valence-corrected chi connectivity index (χ1v) is 5.11. The number of phenols is 1. The van der Waals surface area contributed by atoms with E-state index in [1.54, 1.807) is 18.2 Å². The number of hydrogen-bond acceptors (Lipinski definition) is 4. The third-order valence-electron chi connectivity index (χ3n) is 1.90. The molecule has 0 unspecified atom stereocenters. The minimum Gasteiger partial charge on any atom is -0.508 e. The molecule has 0 aliphatic carbocycles. The maximum Gasteiger partial charge on any atom is 0.215 e. The standard InChI is InChI=1S/C10H10O3S/c1-2-13-9-7-5-6(11)3-4-8(7)14-10(9)12/h3-5,11-12H,2H2,1H3. The highest BCUT2D eigenvalue weighted by atomic mass is 32.1. The second-order valence-corrected chi connectivity index (χ2v) is 3.88. The quantitative estimate of drug-likeness (QED) is 0.801. The Morgan fingerprint density at radius 2 is 2.14 bits per heavy atom. The highest BCUT2D eigenvalue weighted by molar-refractivity contribution is 7.21. The van der Waals surface area contributed by atoms with Crippen LogP contribution in [0, 0.1) is 0 Å². The molecule has 74 valence electrons. The van der Waals surface area contributed by atoms with Crippen molar-refractivity contribution in [1.82, 2.24) is 0 Å². The Hall–Kier alpha value is -1.42. The van der Waals surface area contributed by atoms with Crippen molar-refractivity contribution in [1.29, 1.82) is 0 Å². The molecule has 0 amide bonds. The van der Waals surface area contributed by atoms with Crippen LogP contribution in [0.4, 0.5) is 0 Å². The van der Waals surface area contributed by atoms with E-state index < -0.39 is 0 Å². The minimum atomic E-state index is 0.160. The summed E-state index contributed by atoms with van der Waals surface area (Å²) in [7, 11) is 0. The van der Waals surface area contributed by atoms with Gasteiger partial charge < -0.3 is 14.9 Å². The summed E-state index contributed by atoms with van der Waals surface area (Å²) >= 11 is 1.25. The fourth-order valence-electron chi connectivity index (χ4n) is 1.33. The largest absolute Gasteiger partial charge is 0.508 e. The zero-order valence-electron chi connectivity index (χ0n) is 7.65. The van der Waals surface area contributed by atoms with E-state index in [1.165, 1.54) is 11.3 Å². The molecule has 2 N–H and O–H groups in total. The first kappa shape index (κ1) is 9.15. The molecule has 0 aliphatic heterocycles. The number of rotatable bonds is 2. The topological polar surface area (TPSA) is 49.7 Å². The summed E-state index contributed by atoms with van der Waals surface area (Å²) in [5, 5.41) is 19.8. The highest BCUT2D eigenvalue weighted by Crippen LogP contribution is 2.44. The number of fused-ring (bicyclic) bond motifs is 1. The van der Waals surface area contributed by atoms with Crippen LogP contribution in [-0.2, 0) is 0 Å². The lowest BCUT2D eigenvalue weighted by Gasteiger charge is -2.01. The lowest BCUT2D eigenvalue weighted by Crippen LogP contribution is -1.89. The predicted octanol–water partition coefficient (Wildman–Crippen LogP) is 2.71. The van der Waals surface area contributed by atoms with Crippen LogP contribution in [-0.4, -0.2) is 16.8 Å². The van der Waals surface area contributed by atoms with Gasteiger partial charge in [-0.1, -0.05) is 11.3 Å². The van der Waals surface area contributed by atoms with Crippen LogP contribution in [0.2, 0.25) is 0 Å². The van der Waals surface area contributed by atoms with E-state index in [4.69, 9.17) is 4.74 Å². The molecular weight excluding hydrogens is 200 g/mol. The van der Waals surface area contributed by atoms with E-state index in [-0.39, 0.29) is 10.8 Å². The van der Waals surface area contributed by atoms with Gasteiger partial charge in [0.15, 0.2) is 5.75 Å². The van der Waals surface area contributed by atoms with Crippen LogP contribution in [0.15, 0.2) is 18.2 Å². The van der Waals surface area contributed by atoms with Crippen molar-refractivity contribution in [3.8, 4) is 16.6 Å². The number of aromatic hydroxyl groups is 2. The summed E-state index contributed by atoms with van der Waals surface area (Å²) in [4.78, 5) is 0. The fourth-order valence-corrected chi connectivity index (χ4v) is 2.20. The molecule has 0 saturated heterocycles. The Bertz CT molecular complexity index is 462. The van der Waals surface area contributed by atoms with Crippen molar-refractivity contribution in [3.05, 3.63) is 18.2 Å². The molecule has 0 aliphatic rings. The van der Waals surface area contributed by atoms with Crippen molar-refractivity contribution in [2.75, 3.05) is 6.61 Å². The average Bonchev–Trinajstić information content (AvgIpc) is 2.45.